The number of carbonyl (C=O) groups is 1. The van der Waals surface area contributed by atoms with Crippen molar-refractivity contribution in [2.75, 3.05) is 0 Å². The van der Waals surface area contributed by atoms with Crippen LogP contribution < -0.4 is 0 Å². The zero-order chi connectivity index (χ0) is 10.1. The van der Waals surface area contributed by atoms with Crippen molar-refractivity contribution in [2.45, 2.75) is 46.5 Å². The van der Waals surface area contributed by atoms with Gasteiger partial charge < -0.3 is 0 Å². The molecule has 0 aromatic heterocycles. The lowest BCUT2D eigenvalue weighted by Crippen LogP contribution is -2.26. The summed E-state index contributed by atoms with van der Waals surface area (Å²) >= 11 is 0. The van der Waals surface area contributed by atoms with Crippen molar-refractivity contribution in [2.24, 2.45) is 11.3 Å². The molecule has 1 aliphatic rings. The van der Waals surface area contributed by atoms with Gasteiger partial charge >= 0.3 is 0 Å². The first-order valence-electron chi connectivity index (χ1n) is 5.12. The lowest BCUT2D eigenvalue weighted by atomic mass is 9.71. The predicted octanol–water partition coefficient (Wildman–Crippen LogP) is 3.35. The molecule has 1 saturated carbocycles. The first-order valence-corrected chi connectivity index (χ1v) is 5.12. The number of carbonyl (C=O) groups excluding carboxylic acids is 1. The Labute approximate surface area is 81.2 Å². The van der Waals surface area contributed by atoms with Crippen LogP contribution >= 0.6 is 0 Å². The lowest BCUT2D eigenvalue weighted by molar-refractivity contribution is -0.120. The van der Waals surface area contributed by atoms with Crippen LogP contribution in [-0.4, -0.2) is 5.78 Å². The van der Waals surface area contributed by atoms with Crippen LogP contribution in [0.3, 0.4) is 0 Å². The van der Waals surface area contributed by atoms with E-state index in [4.69, 9.17) is 0 Å². The van der Waals surface area contributed by atoms with E-state index in [1.807, 2.05) is 6.92 Å². The number of allylic oxidation sites excluding steroid dienone is 1. The quantitative estimate of drug-likeness (QED) is 0.596. The molecule has 1 heteroatoms. The summed E-state index contributed by atoms with van der Waals surface area (Å²) < 4.78 is 0. The zero-order valence-electron chi connectivity index (χ0n) is 9.02. The van der Waals surface area contributed by atoms with Crippen molar-refractivity contribution in [3.8, 4) is 0 Å². The van der Waals surface area contributed by atoms with E-state index in [2.05, 4.69) is 20.4 Å². The molecule has 0 N–H and O–H groups in total. The molecular weight excluding hydrogens is 160 g/mol. The maximum Gasteiger partial charge on any atom is 0.161 e. The van der Waals surface area contributed by atoms with Gasteiger partial charge in [0.2, 0.25) is 0 Å². The number of ketones is 1. The summed E-state index contributed by atoms with van der Waals surface area (Å²) in [6.07, 6.45) is 4.46. The first-order chi connectivity index (χ1) is 5.92. The third kappa shape index (κ3) is 2.68. The summed E-state index contributed by atoms with van der Waals surface area (Å²) in [5, 5.41) is 0. The van der Waals surface area contributed by atoms with Crippen molar-refractivity contribution in [1.82, 2.24) is 0 Å². The molecule has 1 rings (SSSR count). The Morgan fingerprint density at radius 1 is 1.31 bits per heavy atom. The van der Waals surface area contributed by atoms with Gasteiger partial charge in [0.25, 0.3) is 0 Å². The Balaban J connectivity index is 2.50. The molecule has 0 atom stereocenters. The van der Waals surface area contributed by atoms with Crippen LogP contribution in [0.4, 0.5) is 0 Å². The molecule has 0 bridgehead atoms. The van der Waals surface area contributed by atoms with Crippen molar-refractivity contribution in [1.29, 1.82) is 0 Å². The van der Waals surface area contributed by atoms with Gasteiger partial charge in [-0.3, -0.25) is 4.79 Å². The van der Waals surface area contributed by atoms with Gasteiger partial charge in [-0.15, -0.1) is 0 Å². The number of rotatable bonds is 2. The van der Waals surface area contributed by atoms with E-state index < -0.39 is 0 Å². The molecule has 0 unspecified atom stereocenters. The fraction of sp³-hybridized carbons (Fsp3) is 0.750. The molecule has 1 nitrogen and oxygen atoms in total. The molecule has 1 aliphatic carbocycles. The number of hydrogen-bond acceptors (Lipinski definition) is 1. The molecule has 1 fully saturated rings. The van der Waals surface area contributed by atoms with Gasteiger partial charge in [-0.05, 0) is 43.6 Å². The van der Waals surface area contributed by atoms with Gasteiger partial charge in [-0.1, -0.05) is 20.4 Å². The number of Topliss-reactive ketones (excluding diaryl/α,β-unsaturated/α-hetero) is 1. The predicted molar refractivity (Wildman–Crippen MR) is 55.6 cm³/mol. The largest absolute Gasteiger partial charge is 0.294 e. The summed E-state index contributed by atoms with van der Waals surface area (Å²) in [7, 11) is 0. The molecule has 74 valence electrons. The summed E-state index contributed by atoms with van der Waals surface area (Å²) in [6, 6.07) is 0. The van der Waals surface area contributed by atoms with E-state index in [-0.39, 0.29) is 11.7 Å². The topological polar surface area (TPSA) is 17.1 Å². The Morgan fingerprint density at radius 2 is 1.77 bits per heavy atom. The summed E-state index contributed by atoms with van der Waals surface area (Å²) in [6.45, 7) is 10.1. The molecule has 0 spiro atoms. The van der Waals surface area contributed by atoms with E-state index in [0.29, 0.717) is 5.41 Å². The summed E-state index contributed by atoms with van der Waals surface area (Å²) in [5.41, 5.74) is 1.18. The Bertz CT molecular complexity index is 215. The molecule has 13 heavy (non-hydrogen) atoms. The normalized spacial score (nSPS) is 22.7. The summed E-state index contributed by atoms with van der Waals surface area (Å²) in [5.74, 6) is 0.557. The smallest absolute Gasteiger partial charge is 0.161 e. The molecule has 0 saturated heterocycles. The maximum absolute atomic E-state index is 11.6. The second kappa shape index (κ2) is 3.65. The SMILES string of the molecule is C=C(C)C(=O)C1CCC(C)(C)CC1. The van der Waals surface area contributed by atoms with Crippen molar-refractivity contribution in [3.05, 3.63) is 12.2 Å². The third-order valence-corrected chi connectivity index (χ3v) is 3.13. The molecule has 0 heterocycles. The molecule has 0 radical (unpaired) electrons. The molecular formula is C12H20O. The molecule has 0 aromatic carbocycles. The van der Waals surface area contributed by atoms with Gasteiger partial charge in [0, 0.05) is 5.92 Å². The molecule has 0 amide bonds. The Morgan fingerprint density at radius 3 is 2.15 bits per heavy atom. The molecule has 0 aliphatic heterocycles. The summed E-state index contributed by atoms with van der Waals surface area (Å²) in [4.78, 5) is 11.6. The van der Waals surface area contributed by atoms with Crippen LogP contribution in [0.1, 0.15) is 46.5 Å². The minimum absolute atomic E-state index is 0.269. The maximum atomic E-state index is 11.6. The first kappa shape index (κ1) is 10.5. The second-order valence-corrected chi connectivity index (χ2v) is 5.08. The highest BCUT2D eigenvalue weighted by atomic mass is 16.1. The van der Waals surface area contributed by atoms with Crippen molar-refractivity contribution >= 4 is 5.78 Å². The van der Waals surface area contributed by atoms with Gasteiger partial charge in [0.15, 0.2) is 5.78 Å². The third-order valence-electron chi connectivity index (χ3n) is 3.13. The number of hydrogen-bond donors (Lipinski definition) is 0. The highest BCUT2D eigenvalue weighted by Gasteiger charge is 2.30. The zero-order valence-corrected chi connectivity index (χ0v) is 9.02. The van der Waals surface area contributed by atoms with Crippen LogP contribution in [-0.2, 0) is 4.79 Å². The fourth-order valence-corrected chi connectivity index (χ4v) is 2.01. The molecule has 0 aromatic rings. The highest BCUT2D eigenvalue weighted by Crippen LogP contribution is 2.38. The van der Waals surface area contributed by atoms with Gasteiger partial charge in [-0.2, -0.15) is 0 Å². The fourth-order valence-electron chi connectivity index (χ4n) is 2.01. The van der Waals surface area contributed by atoms with Crippen molar-refractivity contribution < 1.29 is 4.79 Å². The Kier molecular flexibility index (Phi) is 2.94. The monoisotopic (exact) mass is 180 g/mol. The average molecular weight is 180 g/mol. The van der Waals surface area contributed by atoms with Crippen LogP contribution in [0.25, 0.3) is 0 Å². The minimum atomic E-state index is 0.269. The average Bonchev–Trinajstić information content (AvgIpc) is 2.03. The van der Waals surface area contributed by atoms with E-state index in [9.17, 15) is 4.79 Å². The van der Waals surface area contributed by atoms with E-state index >= 15 is 0 Å². The van der Waals surface area contributed by atoms with Gasteiger partial charge in [0.1, 0.15) is 0 Å². The minimum Gasteiger partial charge on any atom is -0.294 e. The second-order valence-electron chi connectivity index (χ2n) is 5.08. The van der Waals surface area contributed by atoms with E-state index in [1.54, 1.807) is 0 Å². The van der Waals surface area contributed by atoms with Gasteiger partial charge in [0.05, 0.1) is 0 Å². The van der Waals surface area contributed by atoms with Crippen LogP contribution in [0.2, 0.25) is 0 Å². The van der Waals surface area contributed by atoms with Crippen molar-refractivity contribution in [3.63, 3.8) is 0 Å². The van der Waals surface area contributed by atoms with Crippen LogP contribution in [0.5, 0.6) is 0 Å². The van der Waals surface area contributed by atoms with Crippen LogP contribution in [0.15, 0.2) is 12.2 Å². The van der Waals surface area contributed by atoms with Gasteiger partial charge in [-0.25, -0.2) is 0 Å². The Hall–Kier alpha value is -0.590. The van der Waals surface area contributed by atoms with Crippen LogP contribution in [0, 0.1) is 11.3 Å². The standard InChI is InChI=1S/C12H20O/c1-9(2)11(13)10-5-7-12(3,4)8-6-10/h10H,1,5-8H2,2-4H3. The lowest BCUT2D eigenvalue weighted by Gasteiger charge is -2.33. The highest BCUT2D eigenvalue weighted by molar-refractivity contribution is 5.96. The van der Waals surface area contributed by atoms with E-state index in [0.717, 1.165) is 18.4 Å². The van der Waals surface area contributed by atoms with E-state index in [1.165, 1.54) is 12.8 Å².